The lowest BCUT2D eigenvalue weighted by Crippen LogP contribution is -2.42. The highest BCUT2D eigenvalue weighted by molar-refractivity contribution is 7.88. The molecule has 9 nitrogen and oxygen atoms in total. The number of sulfonamides is 1. The number of amides is 1. The van der Waals surface area contributed by atoms with Crippen LogP contribution < -0.4 is 10.6 Å². The lowest BCUT2D eigenvalue weighted by molar-refractivity contribution is 0.0981. The summed E-state index contributed by atoms with van der Waals surface area (Å²) in [6, 6.07) is 2.38. The molecular formula is C22H39N5O4S. The molecule has 2 atom stereocenters. The SMILES string of the molecule is CC(C)NC(=O)OC1CCC(c2cc(NC3CCN(S(C)(=O)=O)CC3)n(C(C)(C)C)n2)C1. The molecule has 2 heterocycles. The van der Waals surface area contributed by atoms with Gasteiger partial charge in [0.1, 0.15) is 11.9 Å². The highest BCUT2D eigenvalue weighted by Gasteiger charge is 2.33. The smallest absolute Gasteiger partial charge is 0.407 e. The van der Waals surface area contributed by atoms with Crippen LogP contribution in [0.15, 0.2) is 6.07 Å². The third kappa shape index (κ3) is 6.37. The summed E-state index contributed by atoms with van der Waals surface area (Å²) >= 11 is 0. The van der Waals surface area contributed by atoms with Gasteiger partial charge in [-0.2, -0.15) is 5.10 Å². The molecule has 0 aromatic carbocycles. The molecule has 2 unspecified atom stereocenters. The van der Waals surface area contributed by atoms with Crippen molar-refractivity contribution < 1.29 is 17.9 Å². The summed E-state index contributed by atoms with van der Waals surface area (Å²) in [6.07, 6.45) is 4.91. The van der Waals surface area contributed by atoms with E-state index < -0.39 is 10.0 Å². The summed E-state index contributed by atoms with van der Waals surface area (Å²) in [5.74, 6) is 1.22. The van der Waals surface area contributed by atoms with Gasteiger partial charge in [-0.15, -0.1) is 0 Å². The second-order valence-corrected chi connectivity index (χ2v) is 12.4. The van der Waals surface area contributed by atoms with Crippen molar-refractivity contribution in [3.05, 3.63) is 11.8 Å². The number of alkyl carbamates (subject to hydrolysis) is 1. The van der Waals surface area contributed by atoms with Crippen molar-refractivity contribution in [2.45, 2.75) is 96.4 Å². The van der Waals surface area contributed by atoms with Crippen LogP contribution in [0.1, 0.15) is 78.3 Å². The van der Waals surface area contributed by atoms with Gasteiger partial charge in [-0.05, 0) is 66.7 Å². The van der Waals surface area contributed by atoms with Gasteiger partial charge in [-0.25, -0.2) is 22.2 Å². The Bertz CT molecular complexity index is 898. The summed E-state index contributed by atoms with van der Waals surface area (Å²) in [4.78, 5) is 11.9. The fraction of sp³-hybridized carbons (Fsp3) is 0.818. The molecule has 1 saturated carbocycles. The third-order valence-corrected chi connectivity index (χ3v) is 7.42. The van der Waals surface area contributed by atoms with Gasteiger partial charge in [-0.1, -0.05) is 0 Å². The van der Waals surface area contributed by atoms with Crippen molar-refractivity contribution in [3.8, 4) is 0 Å². The van der Waals surface area contributed by atoms with Crippen molar-refractivity contribution in [3.63, 3.8) is 0 Å². The van der Waals surface area contributed by atoms with Crippen molar-refractivity contribution >= 4 is 21.9 Å². The van der Waals surface area contributed by atoms with Gasteiger partial charge >= 0.3 is 6.09 Å². The standard InChI is InChI=1S/C22H39N5O4S/c1-15(2)23-21(28)31-18-8-7-16(13-18)19-14-20(27(25-19)22(3,4)5)24-17-9-11-26(12-10-17)32(6,29)30/h14-18,24H,7-13H2,1-6H3,(H,23,28). The minimum Gasteiger partial charge on any atom is -0.446 e. The quantitative estimate of drug-likeness (QED) is 0.663. The van der Waals surface area contributed by atoms with E-state index in [1.54, 1.807) is 4.31 Å². The van der Waals surface area contributed by atoms with E-state index in [1.165, 1.54) is 6.26 Å². The monoisotopic (exact) mass is 469 g/mol. The number of ether oxygens (including phenoxy) is 1. The number of carbonyl (C=O) groups excluding carboxylic acids is 1. The molecule has 0 spiro atoms. The van der Waals surface area contributed by atoms with Crippen LogP contribution in [0.3, 0.4) is 0 Å². The molecule has 1 aliphatic carbocycles. The van der Waals surface area contributed by atoms with E-state index in [0.717, 1.165) is 43.6 Å². The van der Waals surface area contributed by atoms with Gasteiger partial charge < -0.3 is 15.4 Å². The highest BCUT2D eigenvalue weighted by atomic mass is 32.2. The minimum absolute atomic E-state index is 0.0557. The third-order valence-electron chi connectivity index (χ3n) is 6.12. The Morgan fingerprint density at radius 2 is 1.84 bits per heavy atom. The molecule has 1 aromatic rings. The number of piperidine rings is 1. The Kier molecular flexibility index (Phi) is 7.44. The largest absolute Gasteiger partial charge is 0.446 e. The van der Waals surface area contributed by atoms with Crippen molar-refractivity contribution in [2.75, 3.05) is 24.7 Å². The molecular weight excluding hydrogens is 430 g/mol. The number of hydrogen-bond acceptors (Lipinski definition) is 6. The number of nitrogens with one attached hydrogen (secondary N) is 2. The van der Waals surface area contributed by atoms with Gasteiger partial charge in [0.05, 0.1) is 17.5 Å². The minimum atomic E-state index is -3.13. The number of aromatic nitrogens is 2. The Labute approximate surface area is 192 Å². The number of rotatable bonds is 6. The van der Waals surface area contributed by atoms with Crippen LogP contribution in [0.4, 0.5) is 10.6 Å². The lowest BCUT2D eigenvalue weighted by atomic mass is 10.0. The van der Waals surface area contributed by atoms with Crippen LogP contribution in [-0.2, 0) is 20.3 Å². The molecule has 0 radical (unpaired) electrons. The second-order valence-electron chi connectivity index (χ2n) is 10.5. The first-order chi connectivity index (χ1) is 14.8. The predicted molar refractivity (Wildman–Crippen MR) is 125 cm³/mol. The first kappa shape index (κ1) is 24.8. The van der Waals surface area contributed by atoms with Crippen molar-refractivity contribution in [1.29, 1.82) is 0 Å². The molecule has 32 heavy (non-hydrogen) atoms. The molecule has 2 fully saturated rings. The molecule has 1 aliphatic heterocycles. The van der Waals surface area contributed by atoms with E-state index in [-0.39, 0.29) is 35.7 Å². The van der Waals surface area contributed by atoms with Gasteiger partial charge in [0, 0.05) is 37.2 Å². The topological polar surface area (TPSA) is 106 Å². The van der Waals surface area contributed by atoms with Gasteiger partial charge in [0.25, 0.3) is 0 Å². The summed E-state index contributed by atoms with van der Waals surface area (Å²) in [5.41, 5.74) is 0.825. The van der Waals surface area contributed by atoms with Gasteiger partial charge in [0.15, 0.2) is 0 Å². The van der Waals surface area contributed by atoms with E-state index >= 15 is 0 Å². The number of hydrogen-bond donors (Lipinski definition) is 2. The molecule has 10 heteroatoms. The highest BCUT2D eigenvalue weighted by Crippen LogP contribution is 2.37. The summed E-state index contributed by atoms with van der Waals surface area (Å²) in [7, 11) is -3.13. The van der Waals surface area contributed by atoms with Crippen molar-refractivity contribution in [2.24, 2.45) is 0 Å². The van der Waals surface area contributed by atoms with E-state index in [9.17, 15) is 13.2 Å². The van der Waals surface area contributed by atoms with E-state index in [2.05, 4.69) is 37.5 Å². The van der Waals surface area contributed by atoms with Crippen LogP contribution in [0.25, 0.3) is 0 Å². The molecule has 182 valence electrons. The average molecular weight is 470 g/mol. The second kappa shape index (κ2) is 9.59. The maximum absolute atomic E-state index is 11.9. The van der Waals surface area contributed by atoms with Crippen LogP contribution >= 0.6 is 0 Å². The predicted octanol–water partition coefficient (Wildman–Crippen LogP) is 3.24. The molecule has 2 N–H and O–H groups in total. The van der Waals surface area contributed by atoms with E-state index in [0.29, 0.717) is 13.1 Å². The molecule has 1 aromatic heterocycles. The van der Waals surface area contributed by atoms with Crippen LogP contribution in [-0.4, -0.2) is 66.1 Å². The van der Waals surface area contributed by atoms with Crippen molar-refractivity contribution in [1.82, 2.24) is 19.4 Å². The summed E-state index contributed by atoms with van der Waals surface area (Å²) < 4.78 is 32.7. The molecule has 2 aliphatic rings. The fourth-order valence-electron chi connectivity index (χ4n) is 4.49. The van der Waals surface area contributed by atoms with E-state index in [4.69, 9.17) is 9.84 Å². The average Bonchev–Trinajstić information content (AvgIpc) is 3.27. The first-order valence-corrected chi connectivity index (χ1v) is 13.5. The van der Waals surface area contributed by atoms with Crippen LogP contribution in [0.5, 0.6) is 0 Å². The first-order valence-electron chi connectivity index (χ1n) is 11.6. The Morgan fingerprint density at radius 1 is 1.19 bits per heavy atom. The Balaban J connectivity index is 1.66. The normalized spacial score (nSPS) is 23.5. The number of carbonyl (C=O) groups is 1. The van der Waals surface area contributed by atoms with E-state index in [1.807, 2.05) is 18.5 Å². The zero-order valence-electron chi connectivity index (χ0n) is 20.2. The zero-order chi connectivity index (χ0) is 23.7. The Hall–Kier alpha value is -1.81. The Morgan fingerprint density at radius 3 is 2.41 bits per heavy atom. The maximum Gasteiger partial charge on any atom is 0.407 e. The van der Waals surface area contributed by atoms with Crippen LogP contribution in [0.2, 0.25) is 0 Å². The fourth-order valence-corrected chi connectivity index (χ4v) is 5.36. The lowest BCUT2D eigenvalue weighted by Gasteiger charge is -2.32. The maximum atomic E-state index is 11.9. The summed E-state index contributed by atoms with van der Waals surface area (Å²) in [6.45, 7) is 11.3. The molecule has 1 amide bonds. The van der Waals surface area contributed by atoms with Crippen LogP contribution in [0, 0.1) is 0 Å². The molecule has 3 rings (SSSR count). The summed E-state index contributed by atoms with van der Waals surface area (Å²) in [5, 5.41) is 11.3. The zero-order valence-corrected chi connectivity index (χ0v) is 21.0. The van der Waals surface area contributed by atoms with Gasteiger partial charge in [0.2, 0.25) is 10.0 Å². The number of anilines is 1. The number of nitrogens with zero attached hydrogens (tertiary/aromatic N) is 3. The van der Waals surface area contributed by atoms with Gasteiger partial charge in [-0.3, -0.25) is 0 Å². The molecule has 1 saturated heterocycles. The molecule has 0 bridgehead atoms.